The van der Waals surface area contributed by atoms with Crippen LogP contribution in [0.3, 0.4) is 0 Å². The molecule has 38 nitrogen and oxygen atoms in total. The van der Waals surface area contributed by atoms with Crippen molar-refractivity contribution in [3.8, 4) is 0 Å². The number of alkyl halides is 12. The number of halogens is 12. The van der Waals surface area contributed by atoms with E-state index in [4.69, 9.17) is 17.2 Å². The molecular formula is C89H122F12N30O8. The van der Waals surface area contributed by atoms with Crippen LogP contribution in [0.4, 0.5) is 163 Å². The molecule has 6 aromatic rings. The molecule has 24 N–H and O–H groups in total. The lowest BCUT2D eigenvalue weighted by Gasteiger charge is -2.36. The molecule has 10 rings (SSSR count). The highest BCUT2D eigenvalue weighted by Crippen LogP contribution is 2.47. The number of carbonyl (C=O) groups is 8. The van der Waals surface area contributed by atoms with E-state index in [1.54, 1.807) is 47.8 Å². The number of anilines is 16. The minimum Gasteiger partial charge on any atom is -0.370 e. The first kappa shape index (κ1) is 109. The van der Waals surface area contributed by atoms with E-state index in [0.717, 1.165) is 48.5 Å². The van der Waals surface area contributed by atoms with Gasteiger partial charge in [-0.2, -0.15) is 52.7 Å². The predicted octanol–water partition coefficient (Wildman–Crippen LogP) is 11.6. The summed E-state index contributed by atoms with van der Waals surface area (Å²) in [5.41, 5.74) is 11.9. The van der Waals surface area contributed by atoms with Gasteiger partial charge in [-0.15, -0.1) is 0 Å². The van der Waals surface area contributed by atoms with Gasteiger partial charge in [-0.05, 0) is 169 Å². The maximum Gasteiger partial charge on any atom is 0.416 e. The highest BCUT2D eigenvalue weighted by atomic mass is 19.4. The third-order valence-electron chi connectivity index (χ3n) is 22.3. The number of nitrogens with two attached hydrogens (primary N) is 3. The van der Waals surface area contributed by atoms with Gasteiger partial charge in [0.25, 0.3) is 0 Å². The van der Waals surface area contributed by atoms with Crippen LogP contribution in [0.2, 0.25) is 0 Å². The van der Waals surface area contributed by atoms with Crippen LogP contribution >= 0.6 is 0 Å². The molecule has 12 amide bonds. The number of piperazine rings is 4. The standard InChI is InChI=1S/C48H68F6N16O4.C41H54F6N14O4/c1-55-43(56-2)59-17-9-7-11-39(71)63-35-27-31(47(49,50)51)29-37(41(35)69-23-19-67(5)20-24-69)65-45(73)61-33-13-15-34(16-14-33)62-46(74)66-38-30-32(48(52,53)54)28-36(42(38)70-25-21-68(6)22-26-70)64-40(72)12-8-10-18-60-44(57-3)58-4;42-40(43,44)25-21-29(56-33(62)5-1-3-11-48)35(60-17-13-51-14-18-60)31(23-25)58-38(64)54-27-7-9-28(10-8-27)55-39(65)59-32-24-26(41(45,46)47)22-30(36(32)61-19-15-52-16-20-61)57-34(63)6-2-4-12-53-37(49)50/h13-16,27-30H,7-12,17-26H2,1-6H3,(H,63,71)(H,64,72)(H2,55,56,59)(H2,57,58,60)(H2,61,65,73)(H2,62,66,74);7-10,21-24,51-52H,1-6,11-20,48H2,(H,56,62)(H,57,63)(H4,49,50,53)(H2,54,58,64)(H2,55,59,65). The van der Waals surface area contributed by atoms with Gasteiger partial charge < -0.3 is 142 Å². The van der Waals surface area contributed by atoms with E-state index in [2.05, 4.69) is 111 Å². The number of nitrogens with one attached hydrogen (secondary N) is 18. The summed E-state index contributed by atoms with van der Waals surface area (Å²) >= 11 is 0. The van der Waals surface area contributed by atoms with Gasteiger partial charge in [-0.1, -0.05) is 0 Å². The molecule has 4 fully saturated rings. The van der Waals surface area contributed by atoms with E-state index < -0.39 is 94.7 Å². The van der Waals surface area contributed by atoms with Crippen molar-refractivity contribution >= 4 is 157 Å². The van der Waals surface area contributed by atoms with Crippen molar-refractivity contribution in [3.63, 3.8) is 0 Å². The second-order valence-electron chi connectivity index (χ2n) is 32.8. The van der Waals surface area contributed by atoms with E-state index >= 15 is 0 Å². The number of guanidine groups is 3. The fourth-order valence-corrected chi connectivity index (χ4v) is 15.2. The quantitative estimate of drug-likeness (QED) is 0.00760. The number of aliphatic imine (C=N–C) groups is 3. The molecule has 6 aromatic carbocycles. The maximum absolute atomic E-state index is 14.4. The fraction of sp³-hybridized carbons (Fsp3) is 0.472. The normalized spacial score (nSPS) is 14.6. The highest BCUT2D eigenvalue weighted by molar-refractivity contribution is 6.10. The molecular weight excluding hydrogens is 1850 g/mol. The van der Waals surface area contributed by atoms with E-state index in [0.29, 0.717) is 188 Å². The summed E-state index contributed by atoms with van der Waals surface area (Å²) in [4.78, 5) is 129. The first-order valence-corrected chi connectivity index (χ1v) is 45.1. The summed E-state index contributed by atoms with van der Waals surface area (Å²) in [5, 5.41) is 49.2. The Morgan fingerprint density at radius 1 is 0.338 bits per heavy atom. The number of benzene rings is 6. The van der Waals surface area contributed by atoms with Crippen LogP contribution in [0.25, 0.3) is 0 Å². The largest absolute Gasteiger partial charge is 0.416 e. The Kier molecular flexibility index (Phi) is 40.9. The Morgan fingerprint density at radius 3 is 0.806 bits per heavy atom. The van der Waals surface area contributed by atoms with Gasteiger partial charge in [-0.3, -0.25) is 34.2 Å². The van der Waals surface area contributed by atoms with Crippen molar-refractivity contribution < 1.29 is 91.0 Å². The lowest BCUT2D eigenvalue weighted by molar-refractivity contribution is -0.138. The van der Waals surface area contributed by atoms with Crippen molar-refractivity contribution in [2.24, 2.45) is 32.2 Å². The number of hydrogen-bond acceptors (Lipinski definition) is 20. The molecule has 0 bridgehead atoms. The molecule has 0 spiro atoms. The second-order valence-corrected chi connectivity index (χ2v) is 32.8. The van der Waals surface area contributed by atoms with Gasteiger partial charge in [-0.25, -0.2) is 19.2 Å². The molecule has 4 aliphatic rings. The van der Waals surface area contributed by atoms with E-state index in [1.165, 1.54) is 48.5 Å². The third-order valence-corrected chi connectivity index (χ3v) is 22.3. The number of nitrogens with zero attached hydrogens (tertiary/aromatic N) is 9. The van der Waals surface area contributed by atoms with Crippen LogP contribution < -0.4 is 133 Å². The molecule has 0 aliphatic carbocycles. The average molecular weight is 1970 g/mol. The first-order chi connectivity index (χ1) is 66.1. The van der Waals surface area contributed by atoms with Crippen molar-refractivity contribution in [3.05, 3.63) is 119 Å². The minimum atomic E-state index is -4.85. The summed E-state index contributed by atoms with van der Waals surface area (Å²) in [5.74, 6) is -1.05. The molecule has 0 saturated carbocycles. The van der Waals surface area contributed by atoms with Crippen LogP contribution in [-0.4, -0.2) is 249 Å². The van der Waals surface area contributed by atoms with Crippen LogP contribution in [0, 0.1) is 0 Å². The molecule has 0 radical (unpaired) electrons. The topological polar surface area (TPSA) is 488 Å². The van der Waals surface area contributed by atoms with Gasteiger partial charge in [0.15, 0.2) is 17.9 Å². The van der Waals surface area contributed by atoms with Gasteiger partial charge in [0, 0.05) is 201 Å². The first-order valence-electron chi connectivity index (χ1n) is 45.1. The van der Waals surface area contributed by atoms with E-state index in [-0.39, 0.29) is 129 Å². The summed E-state index contributed by atoms with van der Waals surface area (Å²) in [6.07, 6.45) is -15.5. The van der Waals surface area contributed by atoms with Crippen LogP contribution in [-0.2, 0) is 43.9 Å². The Balaban J connectivity index is 0.000000313. The van der Waals surface area contributed by atoms with Gasteiger partial charge >= 0.3 is 48.8 Å². The lowest BCUT2D eigenvalue weighted by Crippen LogP contribution is -2.45. The number of amides is 12. The predicted molar refractivity (Wildman–Crippen MR) is 519 cm³/mol. The number of rotatable bonds is 35. The Labute approximate surface area is 795 Å². The van der Waals surface area contributed by atoms with Gasteiger partial charge in [0.1, 0.15) is 0 Å². The molecule has 4 aliphatic heterocycles. The zero-order valence-corrected chi connectivity index (χ0v) is 77.9. The van der Waals surface area contributed by atoms with Crippen molar-refractivity contribution in [1.29, 1.82) is 0 Å². The van der Waals surface area contributed by atoms with Crippen molar-refractivity contribution in [2.75, 3.05) is 257 Å². The zero-order chi connectivity index (χ0) is 101. The molecule has 139 heavy (non-hydrogen) atoms. The fourth-order valence-electron chi connectivity index (χ4n) is 15.2. The smallest absolute Gasteiger partial charge is 0.370 e. The van der Waals surface area contributed by atoms with E-state index in [9.17, 15) is 91.0 Å². The number of urea groups is 4. The molecule has 4 saturated heterocycles. The number of likely N-dealkylation sites (N-methyl/N-ethyl adjacent to an activating group) is 2. The van der Waals surface area contributed by atoms with Crippen molar-refractivity contribution in [1.82, 2.24) is 41.7 Å². The minimum absolute atomic E-state index is 0.0192. The number of unbranched alkanes of at least 4 members (excludes halogenated alkanes) is 4. The SMILES string of the molecule is CN=C(NC)NCCCCC(=O)Nc1cc(C(F)(F)F)cc(NC(=O)Nc2ccc(NC(=O)Nc3cc(C(F)(F)F)cc(NC(=O)CCCCNC(=NC)NC)c3N3CCN(C)CC3)cc2)c1N1CCN(C)CC1.NCCCCC(=O)Nc1cc(C(F)(F)F)cc(NC(=O)Nc2ccc(NC(=O)Nc3cc(C(F)(F)F)cc(NC(=O)CCCCN=C(N)N)c3N3CCNCC3)cc2)c1N1CCNCC1. The molecule has 0 unspecified atom stereocenters. The molecule has 760 valence electrons. The summed E-state index contributed by atoms with van der Waals surface area (Å²) in [6.45, 7) is 8.81. The Hall–Kier alpha value is -13.8. The van der Waals surface area contributed by atoms with Crippen molar-refractivity contribution in [2.45, 2.75) is 102 Å². The Bertz CT molecular complexity index is 5060. The van der Waals surface area contributed by atoms with E-state index in [1.807, 2.05) is 23.9 Å². The summed E-state index contributed by atoms with van der Waals surface area (Å²) in [7, 11) is 10.5. The Morgan fingerprint density at radius 2 is 0.576 bits per heavy atom. The molecule has 0 aromatic heterocycles. The van der Waals surface area contributed by atoms with Gasteiger partial charge in [0.2, 0.25) is 23.6 Å². The third kappa shape index (κ3) is 34.7. The van der Waals surface area contributed by atoms with Crippen LogP contribution in [0.5, 0.6) is 0 Å². The summed E-state index contributed by atoms with van der Waals surface area (Å²) in [6, 6.07) is 14.0. The zero-order valence-electron chi connectivity index (χ0n) is 77.9. The second kappa shape index (κ2) is 52.1. The molecule has 50 heteroatoms. The van der Waals surface area contributed by atoms with Gasteiger partial charge in [0.05, 0.1) is 90.5 Å². The molecule has 0 atom stereocenters. The lowest BCUT2D eigenvalue weighted by atomic mass is 10.1. The molecule has 4 heterocycles. The number of carbonyl (C=O) groups excluding carboxylic acids is 8. The van der Waals surface area contributed by atoms with Crippen LogP contribution in [0.15, 0.2) is 112 Å². The average Bonchev–Trinajstić information content (AvgIpc) is 0.796. The maximum atomic E-state index is 14.4. The highest BCUT2D eigenvalue weighted by Gasteiger charge is 2.40. The summed E-state index contributed by atoms with van der Waals surface area (Å²) < 4.78 is 172. The number of hydrogen-bond donors (Lipinski definition) is 21. The monoisotopic (exact) mass is 1970 g/mol. The van der Waals surface area contributed by atoms with Crippen LogP contribution in [0.1, 0.15) is 99.3 Å².